The number of hydrogen-bond acceptors (Lipinski definition) is 5. The molecule has 2 aromatic rings. The SMILES string of the molecule is O=C(N/N=C1\CC(=O)c2ccccc21)c1ccc2c(c1)OCO2. The number of hydrazone groups is 1. The number of Topliss-reactive ketones (excluding diaryl/α,β-unsaturated/α-hetero) is 1. The smallest absolute Gasteiger partial charge is 0.271 e. The Morgan fingerprint density at radius 2 is 1.83 bits per heavy atom. The normalized spacial score (nSPS) is 16.5. The molecule has 2 aromatic carbocycles. The minimum absolute atomic E-state index is 0.0108. The van der Waals surface area contributed by atoms with Gasteiger partial charge in [-0.05, 0) is 18.2 Å². The first kappa shape index (κ1) is 13.5. The Kier molecular flexibility index (Phi) is 3.08. The Hall–Kier alpha value is -3.15. The summed E-state index contributed by atoms with van der Waals surface area (Å²) >= 11 is 0. The summed E-state index contributed by atoms with van der Waals surface area (Å²) in [6, 6.07) is 12.2. The van der Waals surface area contributed by atoms with E-state index in [0.29, 0.717) is 28.3 Å². The second-order valence-electron chi connectivity index (χ2n) is 5.21. The van der Waals surface area contributed by atoms with Gasteiger partial charge in [-0.15, -0.1) is 0 Å². The van der Waals surface area contributed by atoms with E-state index < -0.39 is 0 Å². The highest BCUT2D eigenvalue weighted by atomic mass is 16.7. The number of ether oxygens (including phenoxy) is 2. The molecule has 1 amide bonds. The summed E-state index contributed by atoms with van der Waals surface area (Å²) in [5, 5.41) is 4.11. The molecule has 0 aromatic heterocycles. The van der Waals surface area contributed by atoms with Gasteiger partial charge in [-0.25, -0.2) is 5.43 Å². The van der Waals surface area contributed by atoms with Gasteiger partial charge in [0.2, 0.25) is 6.79 Å². The molecule has 6 heteroatoms. The molecule has 2 aliphatic rings. The molecule has 6 nitrogen and oxygen atoms in total. The van der Waals surface area contributed by atoms with Crippen LogP contribution in [-0.4, -0.2) is 24.2 Å². The summed E-state index contributed by atoms with van der Waals surface area (Å²) in [5.41, 5.74) is 4.89. The molecule has 0 fully saturated rings. The van der Waals surface area contributed by atoms with E-state index in [0.717, 1.165) is 5.56 Å². The largest absolute Gasteiger partial charge is 0.454 e. The van der Waals surface area contributed by atoms with Crippen LogP contribution in [0.2, 0.25) is 0 Å². The van der Waals surface area contributed by atoms with Gasteiger partial charge in [0.15, 0.2) is 17.3 Å². The van der Waals surface area contributed by atoms with Gasteiger partial charge in [-0.1, -0.05) is 24.3 Å². The fourth-order valence-electron chi connectivity index (χ4n) is 2.64. The molecule has 0 saturated heterocycles. The predicted molar refractivity (Wildman–Crippen MR) is 82.0 cm³/mol. The topological polar surface area (TPSA) is 77.0 Å². The van der Waals surface area contributed by atoms with Gasteiger partial charge in [-0.3, -0.25) is 9.59 Å². The lowest BCUT2D eigenvalue weighted by molar-refractivity contribution is 0.0951. The first-order valence-electron chi connectivity index (χ1n) is 7.11. The molecule has 0 unspecified atom stereocenters. The quantitative estimate of drug-likeness (QED) is 0.862. The fraction of sp³-hybridized carbons (Fsp3) is 0.118. The average Bonchev–Trinajstić information content (AvgIpc) is 3.17. The summed E-state index contributed by atoms with van der Waals surface area (Å²) in [6.07, 6.45) is 0.195. The minimum Gasteiger partial charge on any atom is -0.454 e. The van der Waals surface area contributed by atoms with Crippen molar-refractivity contribution in [3.8, 4) is 11.5 Å². The van der Waals surface area contributed by atoms with E-state index in [2.05, 4.69) is 10.5 Å². The Labute approximate surface area is 131 Å². The highest BCUT2D eigenvalue weighted by Crippen LogP contribution is 2.32. The van der Waals surface area contributed by atoms with Crippen molar-refractivity contribution < 1.29 is 19.1 Å². The molecule has 0 saturated carbocycles. The molecule has 23 heavy (non-hydrogen) atoms. The zero-order valence-corrected chi connectivity index (χ0v) is 12.0. The zero-order chi connectivity index (χ0) is 15.8. The zero-order valence-electron chi connectivity index (χ0n) is 12.0. The number of carbonyl (C=O) groups is 2. The number of nitrogens with zero attached hydrogens (tertiary/aromatic N) is 1. The summed E-state index contributed by atoms with van der Waals surface area (Å²) < 4.78 is 10.5. The molecule has 1 aliphatic heterocycles. The van der Waals surface area contributed by atoms with Gasteiger partial charge in [0, 0.05) is 16.7 Å². The van der Waals surface area contributed by atoms with E-state index in [1.165, 1.54) is 0 Å². The van der Waals surface area contributed by atoms with E-state index in [9.17, 15) is 9.59 Å². The van der Waals surface area contributed by atoms with Crippen molar-refractivity contribution in [3.05, 3.63) is 59.2 Å². The Morgan fingerprint density at radius 3 is 2.70 bits per heavy atom. The number of rotatable bonds is 2. The van der Waals surface area contributed by atoms with Crippen molar-refractivity contribution in [1.29, 1.82) is 0 Å². The minimum atomic E-state index is -0.368. The van der Waals surface area contributed by atoms with Crippen molar-refractivity contribution in [2.45, 2.75) is 6.42 Å². The van der Waals surface area contributed by atoms with Crippen LogP contribution in [-0.2, 0) is 0 Å². The Bertz CT molecular complexity index is 857. The molecule has 1 aliphatic carbocycles. The van der Waals surface area contributed by atoms with E-state index >= 15 is 0 Å². The number of nitrogens with one attached hydrogen (secondary N) is 1. The molecule has 0 spiro atoms. The average molecular weight is 308 g/mol. The van der Waals surface area contributed by atoms with Gasteiger partial charge < -0.3 is 9.47 Å². The number of amides is 1. The van der Waals surface area contributed by atoms with E-state index in [-0.39, 0.29) is 24.9 Å². The van der Waals surface area contributed by atoms with Crippen LogP contribution in [0.15, 0.2) is 47.6 Å². The van der Waals surface area contributed by atoms with Gasteiger partial charge in [0.05, 0.1) is 12.1 Å². The second-order valence-corrected chi connectivity index (χ2v) is 5.21. The van der Waals surface area contributed by atoms with Crippen LogP contribution in [0.4, 0.5) is 0 Å². The lowest BCUT2D eigenvalue weighted by atomic mass is 10.1. The number of hydrogen-bond donors (Lipinski definition) is 1. The van der Waals surface area contributed by atoms with Gasteiger partial charge in [0.25, 0.3) is 5.91 Å². The van der Waals surface area contributed by atoms with Crippen molar-refractivity contribution in [2.24, 2.45) is 5.10 Å². The standard InChI is InChI=1S/C17H12N2O4/c20-14-8-13(11-3-1-2-4-12(11)14)18-19-17(21)10-5-6-15-16(7-10)23-9-22-15/h1-7H,8-9H2,(H,19,21)/b18-13+. The monoisotopic (exact) mass is 308 g/mol. The summed E-state index contributed by atoms with van der Waals surface area (Å²) in [6.45, 7) is 0.154. The van der Waals surface area contributed by atoms with Crippen LogP contribution in [0.1, 0.15) is 32.7 Å². The number of carbonyl (C=O) groups excluding carboxylic acids is 2. The van der Waals surface area contributed by atoms with Crippen LogP contribution in [0, 0.1) is 0 Å². The van der Waals surface area contributed by atoms with Crippen LogP contribution in [0.5, 0.6) is 11.5 Å². The molecule has 1 N–H and O–H groups in total. The van der Waals surface area contributed by atoms with E-state index in [1.54, 1.807) is 24.3 Å². The maximum atomic E-state index is 12.2. The van der Waals surface area contributed by atoms with E-state index in [1.807, 2.05) is 18.2 Å². The lowest BCUT2D eigenvalue weighted by Crippen LogP contribution is -2.19. The van der Waals surface area contributed by atoms with Crippen LogP contribution in [0.3, 0.4) is 0 Å². The third-order valence-electron chi connectivity index (χ3n) is 3.79. The van der Waals surface area contributed by atoms with Gasteiger partial charge >= 0.3 is 0 Å². The van der Waals surface area contributed by atoms with Gasteiger partial charge in [-0.2, -0.15) is 5.10 Å². The number of fused-ring (bicyclic) bond motifs is 2. The first-order valence-corrected chi connectivity index (χ1v) is 7.11. The first-order chi connectivity index (χ1) is 11.2. The predicted octanol–water partition coefficient (Wildman–Crippen LogP) is 2.14. The second kappa shape index (κ2) is 5.24. The summed E-state index contributed by atoms with van der Waals surface area (Å²) in [4.78, 5) is 24.1. The van der Waals surface area contributed by atoms with Crippen LogP contribution < -0.4 is 14.9 Å². The number of ketones is 1. The highest BCUT2D eigenvalue weighted by molar-refractivity contribution is 6.26. The summed E-state index contributed by atoms with van der Waals surface area (Å²) in [5.74, 6) is 0.791. The molecule has 0 bridgehead atoms. The molecule has 114 valence electrons. The lowest BCUT2D eigenvalue weighted by Gasteiger charge is -2.03. The molecule has 0 radical (unpaired) electrons. The fourth-order valence-corrected chi connectivity index (χ4v) is 2.64. The molecule has 1 heterocycles. The summed E-state index contributed by atoms with van der Waals surface area (Å²) in [7, 11) is 0. The van der Waals surface area contributed by atoms with E-state index in [4.69, 9.17) is 9.47 Å². The number of benzene rings is 2. The third-order valence-corrected chi connectivity index (χ3v) is 3.79. The third kappa shape index (κ3) is 2.34. The Balaban J connectivity index is 1.55. The van der Waals surface area contributed by atoms with Crippen LogP contribution >= 0.6 is 0 Å². The molecule has 4 rings (SSSR count). The maximum Gasteiger partial charge on any atom is 0.271 e. The van der Waals surface area contributed by atoms with Crippen LogP contribution in [0.25, 0.3) is 0 Å². The van der Waals surface area contributed by atoms with Crippen molar-refractivity contribution in [3.63, 3.8) is 0 Å². The molecular formula is C17H12N2O4. The molecular weight excluding hydrogens is 296 g/mol. The highest BCUT2D eigenvalue weighted by Gasteiger charge is 2.25. The van der Waals surface area contributed by atoms with Crippen molar-refractivity contribution in [1.82, 2.24) is 5.43 Å². The van der Waals surface area contributed by atoms with Gasteiger partial charge in [0.1, 0.15) is 0 Å². The van der Waals surface area contributed by atoms with Crippen molar-refractivity contribution in [2.75, 3.05) is 6.79 Å². The van der Waals surface area contributed by atoms with Crippen molar-refractivity contribution >= 4 is 17.4 Å². The Morgan fingerprint density at radius 1 is 1.04 bits per heavy atom. The molecule has 0 atom stereocenters. The maximum absolute atomic E-state index is 12.2.